The molecule has 0 aromatic heterocycles. The first-order chi connectivity index (χ1) is 7.11. The summed E-state index contributed by atoms with van der Waals surface area (Å²) in [6.07, 6.45) is 0. The predicted molar refractivity (Wildman–Crippen MR) is 48.8 cm³/mol. The first-order valence-corrected chi connectivity index (χ1v) is 3.72. The third-order valence-corrected chi connectivity index (χ3v) is 1.26. The second-order valence-corrected chi connectivity index (χ2v) is 2.49. The summed E-state index contributed by atoms with van der Waals surface area (Å²) >= 11 is 0. The minimum absolute atomic E-state index is 0.815. The van der Waals surface area contributed by atoms with Crippen molar-refractivity contribution in [1.82, 2.24) is 0 Å². The molecule has 0 saturated carbocycles. The van der Waals surface area contributed by atoms with Crippen molar-refractivity contribution >= 4 is 23.9 Å². The van der Waals surface area contributed by atoms with Gasteiger partial charge in [-0.1, -0.05) is 6.58 Å². The van der Waals surface area contributed by atoms with Crippen molar-refractivity contribution in [2.75, 3.05) is 0 Å². The molecule has 0 radical (unpaired) electrons. The van der Waals surface area contributed by atoms with Crippen molar-refractivity contribution in [2.45, 2.75) is 6.92 Å². The van der Waals surface area contributed by atoms with E-state index < -0.39 is 35.4 Å². The monoisotopic (exact) mass is 234 g/mol. The van der Waals surface area contributed by atoms with E-state index in [1.807, 2.05) is 0 Å². The molecule has 0 aromatic carbocycles. The van der Waals surface area contributed by atoms with Crippen LogP contribution in [0.25, 0.3) is 0 Å². The predicted octanol–water partition coefficient (Wildman–Crippen LogP) is -0.496. The maximum Gasteiger partial charge on any atom is 0.342 e. The van der Waals surface area contributed by atoms with Crippen molar-refractivity contribution in [3.05, 3.63) is 12.2 Å². The molecule has 0 rings (SSSR count). The Balaban J connectivity index is 0. The second kappa shape index (κ2) is 6.98. The number of rotatable bonds is 4. The molecule has 0 unspecified atom stereocenters. The number of carboxylic acids is 4. The maximum absolute atomic E-state index is 9.76. The lowest BCUT2D eigenvalue weighted by molar-refractivity contribution is -0.153. The van der Waals surface area contributed by atoms with Crippen LogP contribution in [0.1, 0.15) is 6.92 Å². The first kappa shape index (κ1) is 16.1. The Kier molecular flexibility index (Phi) is 7.01. The quantitative estimate of drug-likeness (QED) is 0.289. The average Bonchev–Trinajstić information content (AvgIpc) is 2.15. The summed E-state index contributed by atoms with van der Waals surface area (Å²) in [6, 6.07) is 0. The highest BCUT2D eigenvalue weighted by Gasteiger charge is 2.18. The van der Waals surface area contributed by atoms with E-state index in [0.717, 1.165) is 6.92 Å². The van der Waals surface area contributed by atoms with Gasteiger partial charge < -0.3 is 20.4 Å². The molecule has 0 atom stereocenters. The van der Waals surface area contributed by atoms with Crippen LogP contribution in [0.2, 0.25) is 0 Å². The molecule has 0 aliphatic carbocycles. The second-order valence-electron chi connectivity index (χ2n) is 2.49. The van der Waals surface area contributed by atoms with Gasteiger partial charge in [0.25, 0.3) is 0 Å². The highest BCUT2D eigenvalue weighted by atomic mass is 16.4. The summed E-state index contributed by atoms with van der Waals surface area (Å²) in [4.78, 5) is 38.8. The molecule has 0 aliphatic heterocycles. The molecule has 8 nitrogen and oxygen atoms in total. The maximum atomic E-state index is 9.76. The molecular formula is C8H10O8. The van der Waals surface area contributed by atoms with Gasteiger partial charge in [0.05, 0.1) is 0 Å². The molecule has 0 fully saturated rings. The van der Waals surface area contributed by atoms with Gasteiger partial charge in [0, 0.05) is 0 Å². The fraction of sp³-hybridized carbons (Fsp3) is 0.250. The lowest BCUT2D eigenvalue weighted by Gasteiger charge is -1.94. The highest BCUT2D eigenvalue weighted by Crippen LogP contribution is 1.91. The highest BCUT2D eigenvalue weighted by molar-refractivity contribution is 6.11. The summed E-state index contributed by atoms with van der Waals surface area (Å²) in [7, 11) is 0. The molecule has 4 N–H and O–H groups in total. The molecule has 90 valence electrons. The number of carboxylic acid groups (broad SMARTS) is 4. The van der Waals surface area contributed by atoms with Crippen LogP contribution in [0.15, 0.2) is 12.2 Å². The topological polar surface area (TPSA) is 149 Å². The van der Waals surface area contributed by atoms with Gasteiger partial charge in [-0.25, -0.2) is 9.59 Å². The summed E-state index contributed by atoms with van der Waals surface area (Å²) < 4.78 is 0. The van der Waals surface area contributed by atoms with Gasteiger partial charge in [0.2, 0.25) is 0 Å². The van der Waals surface area contributed by atoms with Crippen molar-refractivity contribution in [3.8, 4) is 0 Å². The van der Waals surface area contributed by atoms with Crippen molar-refractivity contribution < 1.29 is 39.6 Å². The number of carbonyl (C=O) groups is 4. The molecule has 0 amide bonds. The van der Waals surface area contributed by atoms with E-state index in [2.05, 4.69) is 6.58 Å². The van der Waals surface area contributed by atoms with Gasteiger partial charge in [-0.2, -0.15) is 0 Å². The smallest absolute Gasteiger partial charge is 0.342 e. The summed E-state index contributed by atoms with van der Waals surface area (Å²) in [5, 5.41) is 31.7. The van der Waals surface area contributed by atoms with E-state index in [1.54, 1.807) is 0 Å². The Morgan fingerprint density at radius 1 is 0.875 bits per heavy atom. The zero-order valence-electron chi connectivity index (χ0n) is 8.21. The van der Waals surface area contributed by atoms with Crippen LogP contribution >= 0.6 is 0 Å². The molecule has 0 bridgehead atoms. The van der Waals surface area contributed by atoms with E-state index >= 15 is 0 Å². The van der Waals surface area contributed by atoms with Crippen molar-refractivity contribution in [1.29, 1.82) is 0 Å². The van der Waals surface area contributed by atoms with Crippen LogP contribution in [0.3, 0.4) is 0 Å². The number of aliphatic carboxylic acids is 4. The van der Waals surface area contributed by atoms with Crippen LogP contribution in [0, 0.1) is 5.92 Å². The van der Waals surface area contributed by atoms with Crippen LogP contribution in [-0.2, 0) is 19.2 Å². The summed E-state index contributed by atoms with van der Waals surface area (Å²) in [6.45, 7) is 3.87. The fourth-order valence-electron chi connectivity index (χ4n) is 0.197. The van der Waals surface area contributed by atoms with Gasteiger partial charge in [-0.15, -0.1) is 0 Å². The van der Waals surface area contributed by atoms with Crippen LogP contribution < -0.4 is 0 Å². The van der Waals surface area contributed by atoms with Crippen molar-refractivity contribution in [3.63, 3.8) is 0 Å². The zero-order chi connectivity index (χ0) is 13.5. The normalized spacial score (nSPS) is 8.62. The molecule has 0 aromatic rings. The molecule has 0 aliphatic rings. The van der Waals surface area contributed by atoms with E-state index in [4.69, 9.17) is 20.4 Å². The Morgan fingerprint density at radius 2 is 1.12 bits per heavy atom. The number of hydrogen-bond donors (Lipinski definition) is 4. The van der Waals surface area contributed by atoms with Crippen molar-refractivity contribution in [2.24, 2.45) is 5.92 Å². The number of hydrogen-bond acceptors (Lipinski definition) is 4. The largest absolute Gasteiger partial charge is 0.481 e. The van der Waals surface area contributed by atoms with Crippen LogP contribution in [0.4, 0.5) is 0 Å². The Hall–Kier alpha value is -2.38. The van der Waals surface area contributed by atoms with Gasteiger partial charge in [0.1, 0.15) is 5.57 Å². The SMILES string of the molecule is C=C(C(=O)O)C(=O)O.CC(C(=O)O)C(=O)O. The van der Waals surface area contributed by atoms with E-state index in [-0.39, 0.29) is 0 Å². The van der Waals surface area contributed by atoms with E-state index in [0.29, 0.717) is 0 Å². The van der Waals surface area contributed by atoms with Gasteiger partial charge >= 0.3 is 23.9 Å². The Morgan fingerprint density at radius 3 is 1.12 bits per heavy atom. The summed E-state index contributed by atoms with van der Waals surface area (Å²) in [5.74, 6) is -6.92. The van der Waals surface area contributed by atoms with Gasteiger partial charge in [-0.3, -0.25) is 9.59 Å². The molecule has 16 heavy (non-hydrogen) atoms. The van der Waals surface area contributed by atoms with Gasteiger partial charge in [0.15, 0.2) is 5.92 Å². The summed E-state index contributed by atoms with van der Waals surface area (Å²) in [5.41, 5.74) is -0.815. The van der Waals surface area contributed by atoms with E-state index in [9.17, 15) is 19.2 Å². The zero-order valence-corrected chi connectivity index (χ0v) is 8.21. The standard InChI is InChI=1S/C4H6O4.C4H4O4/c2*1-2(3(5)6)4(7)8/h2H,1H3,(H,5,6)(H,7,8);1H2,(H,5,6)(H,7,8). The molecular weight excluding hydrogens is 224 g/mol. The lowest BCUT2D eigenvalue weighted by Crippen LogP contribution is -2.19. The lowest BCUT2D eigenvalue weighted by atomic mass is 10.2. The van der Waals surface area contributed by atoms with Gasteiger partial charge in [-0.05, 0) is 6.92 Å². The molecule has 0 saturated heterocycles. The fourth-order valence-corrected chi connectivity index (χ4v) is 0.197. The van der Waals surface area contributed by atoms with E-state index in [1.165, 1.54) is 0 Å². The average molecular weight is 234 g/mol. The Bertz CT molecular complexity index is 299. The first-order valence-electron chi connectivity index (χ1n) is 3.72. The third kappa shape index (κ3) is 7.06. The van der Waals surface area contributed by atoms with Crippen LogP contribution in [0.5, 0.6) is 0 Å². The molecule has 0 heterocycles. The van der Waals surface area contributed by atoms with Crippen LogP contribution in [-0.4, -0.2) is 44.3 Å². The molecule has 8 heteroatoms. The molecule has 0 spiro atoms. The minimum Gasteiger partial charge on any atom is -0.481 e. The minimum atomic E-state index is -1.50. The Labute approximate surface area is 89.4 Å². The third-order valence-electron chi connectivity index (χ3n) is 1.26.